The molecule has 1 fully saturated rings. The maximum atomic E-state index is 11.6. The molecule has 1 aliphatic carbocycles. The molecule has 0 saturated heterocycles. The lowest BCUT2D eigenvalue weighted by molar-refractivity contribution is 0.0962. The first-order valence-corrected chi connectivity index (χ1v) is 4.41. The smallest absolute Gasteiger partial charge is 0.182 e. The van der Waals surface area contributed by atoms with Crippen LogP contribution in [0.25, 0.3) is 0 Å². The highest BCUT2D eigenvalue weighted by molar-refractivity contribution is 6.00. The molecule has 0 atom stereocenters. The lowest BCUT2D eigenvalue weighted by atomic mass is 10.1. The van der Waals surface area contributed by atoms with Gasteiger partial charge in [0.05, 0.1) is 5.69 Å². The third-order valence-electron chi connectivity index (χ3n) is 2.50. The van der Waals surface area contributed by atoms with E-state index in [9.17, 15) is 9.59 Å². The maximum absolute atomic E-state index is 11.6. The van der Waals surface area contributed by atoms with E-state index >= 15 is 0 Å². The zero-order valence-electron chi connectivity index (χ0n) is 7.46. The Kier molecular flexibility index (Phi) is 1.79. The molecule has 0 unspecified atom stereocenters. The summed E-state index contributed by atoms with van der Waals surface area (Å²) in [6.45, 7) is 1.80. The molecule has 1 aliphatic rings. The normalized spacial score (nSPS) is 15.8. The van der Waals surface area contributed by atoms with Crippen molar-refractivity contribution in [2.45, 2.75) is 19.8 Å². The van der Waals surface area contributed by atoms with E-state index in [2.05, 4.69) is 4.98 Å². The fraction of sp³-hybridized carbons (Fsp3) is 0.400. The summed E-state index contributed by atoms with van der Waals surface area (Å²) in [6.07, 6.45) is 4.36. The number of Topliss-reactive ketones (excluding diaryl/α,β-unsaturated/α-hetero) is 1. The van der Waals surface area contributed by atoms with Gasteiger partial charge < -0.3 is 4.98 Å². The summed E-state index contributed by atoms with van der Waals surface area (Å²) in [5, 5.41) is 0. The number of ketones is 1. The van der Waals surface area contributed by atoms with Gasteiger partial charge in [0.2, 0.25) is 0 Å². The van der Waals surface area contributed by atoms with Crippen LogP contribution in [0.4, 0.5) is 0 Å². The number of aromatic amines is 1. The van der Waals surface area contributed by atoms with Gasteiger partial charge >= 0.3 is 0 Å². The fourth-order valence-corrected chi connectivity index (χ4v) is 1.44. The van der Waals surface area contributed by atoms with E-state index in [0.717, 1.165) is 24.7 Å². The highest BCUT2D eigenvalue weighted by atomic mass is 16.1. The third-order valence-corrected chi connectivity index (χ3v) is 2.50. The molecule has 2 rings (SSSR count). The van der Waals surface area contributed by atoms with E-state index < -0.39 is 0 Å². The molecular formula is C10H11NO2. The molecule has 0 aromatic carbocycles. The molecular weight excluding hydrogens is 166 g/mol. The van der Waals surface area contributed by atoms with Crippen LogP contribution in [-0.4, -0.2) is 17.1 Å². The molecule has 1 N–H and O–H groups in total. The molecule has 0 bridgehead atoms. The first-order valence-electron chi connectivity index (χ1n) is 4.41. The van der Waals surface area contributed by atoms with Crippen LogP contribution in [0, 0.1) is 12.8 Å². The predicted octanol–water partition coefficient (Wildman–Crippen LogP) is 1.73. The van der Waals surface area contributed by atoms with Crippen molar-refractivity contribution in [3.63, 3.8) is 0 Å². The Hall–Kier alpha value is -1.38. The van der Waals surface area contributed by atoms with Crippen LogP contribution < -0.4 is 0 Å². The Balaban J connectivity index is 2.34. The van der Waals surface area contributed by atoms with Crippen molar-refractivity contribution in [1.29, 1.82) is 0 Å². The standard InChI is InChI=1S/C10H11NO2/c1-6-8(5-12)4-11-9(6)10(13)7-2-3-7/h4-5,7,11H,2-3H2,1H3. The highest BCUT2D eigenvalue weighted by Crippen LogP contribution is 2.33. The molecule has 1 heterocycles. The van der Waals surface area contributed by atoms with Crippen LogP contribution >= 0.6 is 0 Å². The van der Waals surface area contributed by atoms with E-state index in [1.165, 1.54) is 0 Å². The first-order chi connectivity index (χ1) is 6.24. The van der Waals surface area contributed by atoms with E-state index in [1.54, 1.807) is 13.1 Å². The zero-order valence-corrected chi connectivity index (χ0v) is 7.46. The number of rotatable bonds is 3. The lowest BCUT2D eigenvalue weighted by Crippen LogP contribution is -2.03. The number of hydrogen-bond donors (Lipinski definition) is 1. The Morgan fingerprint density at radius 2 is 2.31 bits per heavy atom. The topological polar surface area (TPSA) is 49.9 Å². The molecule has 1 aromatic rings. The summed E-state index contributed by atoms with van der Waals surface area (Å²) in [7, 11) is 0. The van der Waals surface area contributed by atoms with Gasteiger partial charge in [-0.3, -0.25) is 9.59 Å². The van der Waals surface area contributed by atoms with Gasteiger partial charge in [-0.2, -0.15) is 0 Å². The second-order valence-corrected chi connectivity index (χ2v) is 3.50. The zero-order chi connectivity index (χ0) is 9.42. The quantitative estimate of drug-likeness (QED) is 0.564. The van der Waals surface area contributed by atoms with E-state index in [1.807, 2.05) is 0 Å². The van der Waals surface area contributed by atoms with E-state index in [0.29, 0.717) is 11.3 Å². The van der Waals surface area contributed by atoms with Crippen LogP contribution in [-0.2, 0) is 0 Å². The van der Waals surface area contributed by atoms with Crippen molar-refractivity contribution in [3.05, 3.63) is 23.0 Å². The molecule has 0 amide bonds. The Bertz CT molecular complexity index is 361. The van der Waals surface area contributed by atoms with Crippen LogP contribution in [0.5, 0.6) is 0 Å². The minimum atomic E-state index is 0.158. The van der Waals surface area contributed by atoms with Gasteiger partial charge in [-0.15, -0.1) is 0 Å². The lowest BCUT2D eigenvalue weighted by Gasteiger charge is -1.96. The molecule has 0 aliphatic heterocycles. The number of aldehydes is 1. The monoisotopic (exact) mass is 177 g/mol. The minimum Gasteiger partial charge on any atom is -0.358 e. The molecule has 1 saturated carbocycles. The van der Waals surface area contributed by atoms with Crippen LogP contribution in [0.1, 0.15) is 39.3 Å². The second kappa shape index (κ2) is 2.83. The number of carbonyl (C=O) groups is 2. The van der Waals surface area contributed by atoms with Gasteiger partial charge in [0.1, 0.15) is 0 Å². The SMILES string of the molecule is Cc1c(C=O)c[nH]c1C(=O)C1CC1. The highest BCUT2D eigenvalue weighted by Gasteiger charge is 2.32. The third kappa shape index (κ3) is 1.30. The fourth-order valence-electron chi connectivity index (χ4n) is 1.44. The largest absolute Gasteiger partial charge is 0.358 e. The summed E-state index contributed by atoms with van der Waals surface area (Å²) in [5.74, 6) is 0.363. The van der Waals surface area contributed by atoms with Crippen molar-refractivity contribution in [2.24, 2.45) is 5.92 Å². The molecule has 3 nitrogen and oxygen atoms in total. The summed E-state index contributed by atoms with van der Waals surface area (Å²) in [4.78, 5) is 25.0. The van der Waals surface area contributed by atoms with E-state index in [-0.39, 0.29) is 11.7 Å². The molecule has 0 spiro atoms. The van der Waals surface area contributed by atoms with Crippen LogP contribution in [0.15, 0.2) is 6.20 Å². The van der Waals surface area contributed by atoms with Gasteiger partial charge in [-0.25, -0.2) is 0 Å². The summed E-state index contributed by atoms with van der Waals surface area (Å²) >= 11 is 0. The predicted molar refractivity (Wildman–Crippen MR) is 48.0 cm³/mol. The van der Waals surface area contributed by atoms with Crippen molar-refractivity contribution in [2.75, 3.05) is 0 Å². The second-order valence-electron chi connectivity index (χ2n) is 3.50. The van der Waals surface area contributed by atoms with Gasteiger partial charge in [0.15, 0.2) is 12.1 Å². The Morgan fingerprint density at radius 1 is 1.62 bits per heavy atom. The summed E-state index contributed by atoms with van der Waals surface area (Å²) in [5.41, 5.74) is 1.99. The van der Waals surface area contributed by atoms with Crippen molar-refractivity contribution in [1.82, 2.24) is 4.98 Å². The summed E-state index contributed by atoms with van der Waals surface area (Å²) < 4.78 is 0. The number of carbonyl (C=O) groups excluding carboxylic acids is 2. The average molecular weight is 177 g/mol. The average Bonchev–Trinajstić information content (AvgIpc) is 2.89. The molecule has 3 heteroatoms. The van der Waals surface area contributed by atoms with E-state index in [4.69, 9.17) is 0 Å². The number of aromatic nitrogens is 1. The molecule has 1 aromatic heterocycles. The van der Waals surface area contributed by atoms with Crippen molar-refractivity contribution >= 4 is 12.1 Å². The number of H-pyrrole nitrogens is 1. The van der Waals surface area contributed by atoms with Gasteiger partial charge in [-0.1, -0.05) is 0 Å². The van der Waals surface area contributed by atoms with Crippen molar-refractivity contribution < 1.29 is 9.59 Å². The molecule has 68 valence electrons. The van der Waals surface area contributed by atoms with Gasteiger partial charge in [0.25, 0.3) is 0 Å². The minimum absolute atomic E-state index is 0.158. The number of hydrogen-bond acceptors (Lipinski definition) is 2. The number of nitrogens with one attached hydrogen (secondary N) is 1. The maximum Gasteiger partial charge on any atom is 0.182 e. The van der Waals surface area contributed by atoms with Crippen molar-refractivity contribution in [3.8, 4) is 0 Å². The molecule has 13 heavy (non-hydrogen) atoms. The van der Waals surface area contributed by atoms with Gasteiger partial charge in [-0.05, 0) is 25.3 Å². The van der Waals surface area contributed by atoms with Crippen LogP contribution in [0.2, 0.25) is 0 Å². The first kappa shape index (κ1) is 8.23. The summed E-state index contributed by atoms with van der Waals surface area (Å²) in [6, 6.07) is 0. The Morgan fingerprint density at radius 3 is 2.77 bits per heavy atom. The van der Waals surface area contributed by atoms with Crippen LogP contribution in [0.3, 0.4) is 0 Å². The van der Waals surface area contributed by atoms with Gasteiger partial charge in [0, 0.05) is 17.7 Å². The molecule has 0 radical (unpaired) electrons. The Labute approximate surface area is 76.1 Å².